The quantitative estimate of drug-likeness (QED) is 0.849. The number of amides is 1. The summed E-state index contributed by atoms with van der Waals surface area (Å²) in [5.74, 6) is 1.41. The predicted molar refractivity (Wildman–Crippen MR) is 77.3 cm³/mol. The van der Waals surface area contributed by atoms with Gasteiger partial charge < -0.3 is 15.2 Å². The van der Waals surface area contributed by atoms with Crippen molar-refractivity contribution in [3.63, 3.8) is 0 Å². The molecule has 0 aliphatic rings. The van der Waals surface area contributed by atoms with Crippen molar-refractivity contribution in [3.8, 4) is 0 Å². The molecule has 1 atom stereocenters. The summed E-state index contributed by atoms with van der Waals surface area (Å²) in [4.78, 5) is 11.8. The van der Waals surface area contributed by atoms with Gasteiger partial charge in [0, 0.05) is 19.0 Å². The Morgan fingerprint density at radius 1 is 1.35 bits per heavy atom. The molecule has 2 N–H and O–H groups in total. The maximum absolute atomic E-state index is 11.8. The molecule has 0 bridgehead atoms. The summed E-state index contributed by atoms with van der Waals surface area (Å²) in [6.07, 6.45) is 0.392. The molecule has 1 heterocycles. The van der Waals surface area contributed by atoms with Crippen molar-refractivity contribution in [1.82, 2.24) is 10.5 Å². The molecule has 1 unspecified atom stereocenters. The van der Waals surface area contributed by atoms with Crippen LogP contribution >= 0.6 is 0 Å². The standard InChI is InChI=1S/C15H19N3O2/c1-11-10-14(18-20-11)16-9-8-15(19)17-12(2)13-6-4-3-5-7-13/h3-7,10,12H,8-9H2,1-2H3,(H,16,18)(H,17,19). The Labute approximate surface area is 118 Å². The van der Waals surface area contributed by atoms with E-state index in [2.05, 4.69) is 15.8 Å². The molecule has 5 nitrogen and oxygen atoms in total. The third-order valence-electron chi connectivity index (χ3n) is 2.96. The molecule has 20 heavy (non-hydrogen) atoms. The Hall–Kier alpha value is -2.30. The molecule has 0 fully saturated rings. The zero-order chi connectivity index (χ0) is 14.4. The molecule has 0 spiro atoms. The van der Waals surface area contributed by atoms with Gasteiger partial charge in [0.15, 0.2) is 5.82 Å². The molecule has 2 aromatic rings. The highest BCUT2D eigenvalue weighted by molar-refractivity contribution is 5.76. The first-order valence-electron chi connectivity index (χ1n) is 6.66. The average Bonchev–Trinajstić information content (AvgIpc) is 2.85. The van der Waals surface area contributed by atoms with E-state index in [1.165, 1.54) is 0 Å². The van der Waals surface area contributed by atoms with Gasteiger partial charge in [-0.3, -0.25) is 4.79 Å². The van der Waals surface area contributed by atoms with Gasteiger partial charge in [0.05, 0.1) is 6.04 Å². The van der Waals surface area contributed by atoms with E-state index in [1.54, 1.807) is 6.07 Å². The van der Waals surface area contributed by atoms with Crippen LogP contribution in [0.25, 0.3) is 0 Å². The van der Waals surface area contributed by atoms with E-state index in [-0.39, 0.29) is 11.9 Å². The van der Waals surface area contributed by atoms with E-state index in [1.807, 2.05) is 44.2 Å². The third-order valence-corrected chi connectivity index (χ3v) is 2.96. The fourth-order valence-electron chi connectivity index (χ4n) is 1.89. The second kappa shape index (κ2) is 6.75. The predicted octanol–water partition coefficient (Wildman–Crippen LogP) is 2.66. The molecule has 0 radical (unpaired) electrons. The smallest absolute Gasteiger partial charge is 0.222 e. The van der Waals surface area contributed by atoms with Crippen LogP contribution in [0.2, 0.25) is 0 Å². The van der Waals surface area contributed by atoms with Crippen LogP contribution in [0.5, 0.6) is 0 Å². The van der Waals surface area contributed by atoms with Crippen LogP contribution < -0.4 is 10.6 Å². The fourth-order valence-corrected chi connectivity index (χ4v) is 1.89. The molecular weight excluding hydrogens is 254 g/mol. The topological polar surface area (TPSA) is 67.2 Å². The van der Waals surface area contributed by atoms with E-state index in [9.17, 15) is 4.79 Å². The summed E-state index contributed by atoms with van der Waals surface area (Å²) >= 11 is 0. The maximum atomic E-state index is 11.8. The van der Waals surface area contributed by atoms with Crippen LogP contribution in [0.3, 0.4) is 0 Å². The van der Waals surface area contributed by atoms with E-state index < -0.39 is 0 Å². The molecule has 1 aromatic carbocycles. The van der Waals surface area contributed by atoms with Gasteiger partial charge in [-0.25, -0.2) is 0 Å². The molecule has 0 saturated carbocycles. The molecule has 1 aromatic heterocycles. The first-order valence-corrected chi connectivity index (χ1v) is 6.66. The number of nitrogens with zero attached hydrogens (tertiary/aromatic N) is 1. The number of rotatable bonds is 6. The zero-order valence-electron chi connectivity index (χ0n) is 11.7. The van der Waals surface area contributed by atoms with Gasteiger partial charge in [-0.05, 0) is 19.4 Å². The number of aryl methyl sites for hydroxylation is 1. The summed E-state index contributed by atoms with van der Waals surface area (Å²) in [5.41, 5.74) is 1.10. The lowest BCUT2D eigenvalue weighted by Crippen LogP contribution is -2.28. The van der Waals surface area contributed by atoms with Crippen LogP contribution in [-0.4, -0.2) is 17.6 Å². The van der Waals surface area contributed by atoms with Gasteiger partial charge >= 0.3 is 0 Å². The molecule has 2 rings (SSSR count). The molecule has 5 heteroatoms. The Balaban J connectivity index is 1.73. The highest BCUT2D eigenvalue weighted by Gasteiger charge is 2.09. The number of anilines is 1. The number of hydrogen-bond donors (Lipinski definition) is 2. The van der Waals surface area contributed by atoms with E-state index in [0.29, 0.717) is 18.8 Å². The summed E-state index contributed by atoms with van der Waals surface area (Å²) in [5, 5.41) is 9.81. The third kappa shape index (κ3) is 4.12. The minimum absolute atomic E-state index is 0.00840. The van der Waals surface area contributed by atoms with Crippen LogP contribution in [-0.2, 0) is 4.79 Å². The van der Waals surface area contributed by atoms with Crippen molar-refractivity contribution < 1.29 is 9.32 Å². The van der Waals surface area contributed by atoms with Crippen molar-refractivity contribution in [1.29, 1.82) is 0 Å². The largest absolute Gasteiger partial charge is 0.367 e. The minimum atomic E-state index is 0.00840. The minimum Gasteiger partial charge on any atom is -0.367 e. The molecule has 0 saturated heterocycles. The Kier molecular flexibility index (Phi) is 4.76. The van der Waals surface area contributed by atoms with Gasteiger partial charge in [0.25, 0.3) is 0 Å². The van der Waals surface area contributed by atoms with Crippen molar-refractivity contribution >= 4 is 11.7 Å². The monoisotopic (exact) mass is 273 g/mol. The number of carbonyl (C=O) groups excluding carboxylic acids is 1. The van der Waals surface area contributed by atoms with Crippen molar-refractivity contribution in [2.75, 3.05) is 11.9 Å². The highest BCUT2D eigenvalue weighted by atomic mass is 16.5. The van der Waals surface area contributed by atoms with Crippen LogP contribution in [0.1, 0.15) is 30.7 Å². The molecule has 106 valence electrons. The zero-order valence-corrected chi connectivity index (χ0v) is 11.7. The van der Waals surface area contributed by atoms with Crippen molar-refractivity contribution in [2.24, 2.45) is 0 Å². The lowest BCUT2D eigenvalue weighted by molar-refractivity contribution is -0.121. The van der Waals surface area contributed by atoms with Gasteiger partial charge in [-0.2, -0.15) is 0 Å². The lowest BCUT2D eigenvalue weighted by atomic mass is 10.1. The Bertz CT molecular complexity index is 551. The van der Waals surface area contributed by atoms with Crippen molar-refractivity contribution in [2.45, 2.75) is 26.3 Å². The SMILES string of the molecule is Cc1cc(NCCC(=O)NC(C)c2ccccc2)no1. The summed E-state index contributed by atoms with van der Waals surface area (Å²) in [7, 11) is 0. The lowest BCUT2D eigenvalue weighted by Gasteiger charge is -2.14. The Morgan fingerprint density at radius 3 is 2.75 bits per heavy atom. The second-order valence-electron chi connectivity index (χ2n) is 4.70. The molecule has 1 amide bonds. The van der Waals surface area contributed by atoms with Crippen LogP contribution in [0.4, 0.5) is 5.82 Å². The first kappa shape index (κ1) is 14.1. The maximum Gasteiger partial charge on any atom is 0.222 e. The molecule has 0 aliphatic heterocycles. The number of benzene rings is 1. The molecular formula is C15H19N3O2. The van der Waals surface area contributed by atoms with Gasteiger partial charge in [0.1, 0.15) is 5.76 Å². The van der Waals surface area contributed by atoms with E-state index in [4.69, 9.17) is 4.52 Å². The number of carbonyl (C=O) groups is 1. The van der Waals surface area contributed by atoms with E-state index >= 15 is 0 Å². The molecule has 0 aliphatic carbocycles. The highest BCUT2D eigenvalue weighted by Crippen LogP contribution is 2.11. The fraction of sp³-hybridized carbons (Fsp3) is 0.333. The summed E-state index contributed by atoms with van der Waals surface area (Å²) in [6, 6.07) is 11.7. The number of hydrogen-bond acceptors (Lipinski definition) is 4. The van der Waals surface area contributed by atoms with Gasteiger partial charge in [-0.1, -0.05) is 35.5 Å². The van der Waals surface area contributed by atoms with E-state index in [0.717, 1.165) is 11.3 Å². The Morgan fingerprint density at radius 2 is 2.10 bits per heavy atom. The van der Waals surface area contributed by atoms with Crippen LogP contribution in [0, 0.1) is 6.92 Å². The van der Waals surface area contributed by atoms with Crippen LogP contribution in [0.15, 0.2) is 40.9 Å². The van der Waals surface area contributed by atoms with Gasteiger partial charge in [-0.15, -0.1) is 0 Å². The average molecular weight is 273 g/mol. The number of nitrogens with one attached hydrogen (secondary N) is 2. The first-order chi connectivity index (χ1) is 9.65. The summed E-state index contributed by atoms with van der Waals surface area (Å²) < 4.78 is 4.93. The van der Waals surface area contributed by atoms with Crippen molar-refractivity contribution in [3.05, 3.63) is 47.7 Å². The normalized spacial score (nSPS) is 11.9. The number of aromatic nitrogens is 1. The van der Waals surface area contributed by atoms with Gasteiger partial charge in [0.2, 0.25) is 5.91 Å². The summed E-state index contributed by atoms with van der Waals surface area (Å²) in [6.45, 7) is 4.33. The second-order valence-corrected chi connectivity index (χ2v) is 4.70.